The summed E-state index contributed by atoms with van der Waals surface area (Å²) < 4.78 is 38.8. The number of carbonyl (C=O) groups is 5. The lowest BCUT2D eigenvalue weighted by Gasteiger charge is -2.28. The molecule has 4 aromatic carbocycles. The molecule has 0 heterocycles. The maximum atomic E-state index is 13.0. The molecule has 0 saturated heterocycles. The second-order valence-corrected chi connectivity index (χ2v) is 15.7. The van der Waals surface area contributed by atoms with E-state index < -0.39 is 29.3 Å². The molecule has 0 bridgehead atoms. The lowest BCUT2D eigenvalue weighted by molar-refractivity contribution is -0.149. The lowest BCUT2D eigenvalue weighted by Crippen LogP contribution is -2.33. The molecular weight excluding hydrogens is 805 g/mol. The third kappa shape index (κ3) is 16.4. The Kier molecular flexibility index (Phi) is 18.5. The van der Waals surface area contributed by atoms with Crippen LogP contribution >= 0.6 is 0 Å². The van der Waals surface area contributed by atoms with Gasteiger partial charge in [-0.2, -0.15) is 0 Å². The largest absolute Gasteiger partial charge is 0.494 e. The minimum absolute atomic E-state index is 0.0222. The molecule has 0 aliphatic rings. The first-order chi connectivity index (χ1) is 30.0. The molecule has 332 valence electrons. The molecule has 0 atom stereocenters. The van der Waals surface area contributed by atoms with Gasteiger partial charge < -0.3 is 33.2 Å². The highest BCUT2D eigenvalue weighted by Crippen LogP contribution is 2.27. The number of fused-ring (bicyclic) bond motifs is 1. The second-order valence-electron chi connectivity index (χ2n) is 15.7. The number of esters is 5. The quantitative estimate of drug-likeness (QED) is 0.0217. The Labute approximate surface area is 369 Å². The Balaban J connectivity index is 1.22. The number of hydrogen-bond donors (Lipinski definition) is 0. The van der Waals surface area contributed by atoms with E-state index in [1.165, 1.54) is 6.08 Å². The Bertz CT molecular complexity index is 2310. The SMILES string of the molecule is C=C(C)C(=O)OCCCCCCOc1ccc2cc(/C=C/C(=O)Oc3ccc(OC(=O)c4ccc(OCCC(C)(COC(=O)C(=C)C)COC(=O)C(=C)C)cc4)cc3C)ccc2c1. The number of unbranched alkanes of at least 4 members (excludes halogenated alkanes) is 3. The highest BCUT2D eigenvalue weighted by molar-refractivity contribution is 5.92. The van der Waals surface area contributed by atoms with Crippen LogP contribution in [0.1, 0.15) is 81.3 Å². The van der Waals surface area contributed by atoms with E-state index in [2.05, 4.69) is 19.7 Å². The minimum Gasteiger partial charge on any atom is -0.494 e. The highest BCUT2D eigenvalue weighted by Gasteiger charge is 2.29. The van der Waals surface area contributed by atoms with Gasteiger partial charge in [0.25, 0.3) is 0 Å². The Morgan fingerprint density at radius 3 is 1.78 bits per heavy atom. The maximum absolute atomic E-state index is 13.0. The van der Waals surface area contributed by atoms with Gasteiger partial charge in [-0.3, -0.25) is 0 Å². The van der Waals surface area contributed by atoms with Gasteiger partial charge in [0, 0.05) is 28.2 Å². The molecule has 0 N–H and O–H groups in total. The fraction of sp³-hybridized carbons (Fsp3) is 0.314. The molecule has 0 fully saturated rings. The zero-order valence-corrected chi connectivity index (χ0v) is 36.8. The van der Waals surface area contributed by atoms with E-state index >= 15 is 0 Å². The van der Waals surface area contributed by atoms with Crippen LogP contribution < -0.4 is 18.9 Å². The van der Waals surface area contributed by atoms with E-state index in [0.29, 0.717) is 42.3 Å². The zero-order valence-electron chi connectivity index (χ0n) is 36.8. The monoisotopic (exact) mass is 860 g/mol. The summed E-state index contributed by atoms with van der Waals surface area (Å²) in [5, 5.41) is 1.99. The number of hydrogen-bond acceptors (Lipinski definition) is 12. The Morgan fingerprint density at radius 2 is 1.14 bits per heavy atom. The van der Waals surface area contributed by atoms with Crippen LogP contribution in [0.25, 0.3) is 16.8 Å². The fourth-order valence-electron chi connectivity index (χ4n) is 5.76. The first-order valence-corrected chi connectivity index (χ1v) is 20.6. The molecule has 4 aromatic rings. The maximum Gasteiger partial charge on any atom is 0.343 e. The summed E-state index contributed by atoms with van der Waals surface area (Å²) in [7, 11) is 0. The van der Waals surface area contributed by atoms with Crippen molar-refractivity contribution in [3.8, 4) is 23.0 Å². The third-order valence-electron chi connectivity index (χ3n) is 9.57. The second kappa shape index (κ2) is 23.9. The molecule has 0 unspecified atom stereocenters. The van der Waals surface area contributed by atoms with Crippen molar-refractivity contribution in [3.63, 3.8) is 0 Å². The van der Waals surface area contributed by atoms with Gasteiger partial charge in [-0.1, -0.05) is 44.9 Å². The summed E-state index contributed by atoms with van der Waals surface area (Å²) in [4.78, 5) is 61.2. The average Bonchev–Trinajstić information content (AvgIpc) is 3.25. The Morgan fingerprint density at radius 1 is 0.587 bits per heavy atom. The van der Waals surface area contributed by atoms with Crippen LogP contribution in [0.15, 0.2) is 121 Å². The Hall–Kier alpha value is -6.95. The van der Waals surface area contributed by atoms with Gasteiger partial charge in [-0.05, 0) is 148 Å². The van der Waals surface area contributed by atoms with Gasteiger partial charge in [0.05, 0.1) is 25.4 Å². The molecule has 0 aliphatic heterocycles. The van der Waals surface area contributed by atoms with E-state index in [-0.39, 0.29) is 48.2 Å². The van der Waals surface area contributed by atoms with Crippen LogP contribution in [-0.2, 0) is 33.4 Å². The van der Waals surface area contributed by atoms with Crippen molar-refractivity contribution in [2.45, 2.75) is 66.7 Å². The molecule has 4 rings (SSSR count). The number of carbonyl (C=O) groups excluding carboxylic acids is 5. The first kappa shape index (κ1) is 48.7. The van der Waals surface area contributed by atoms with Crippen LogP contribution in [0.3, 0.4) is 0 Å². The normalized spacial score (nSPS) is 11.1. The predicted octanol–water partition coefficient (Wildman–Crippen LogP) is 10.1. The van der Waals surface area contributed by atoms with Crippen molar-refractivity contribution >= 4 is 46.7 Å². The molecule has 0 aromatic heterocycles. The van der Waals surface area contributed by atoms with E-state index in [9.17, 15) is 24.0 Å². The number of ether oxygens (including phenoxy) is 7. The molecule has 0 aliphatic carbocycles. The van der Waals surface area contributed by atoms with Crippen molar-refractivity contribution in [2.75, 3.05) is 33.0 Å². The average molecular weight is 861 g/mol. The fourth-order valence-corrected chi connectivity index (χ4v) is 5.76. The van der Waals surface area contributed by atoms with Crippen molar-refractivity contribution in [1.82, 2.24) is 0 Å². The number of benzene rings is 4. The summed E-state index contributed by atoms with van der Waals surface area (Å²) >= 11 is 0. The van der Waals surface area contributed by atoms with Crippen LogP contribution in [0, 0.1) is 12.3 Å². The van der Waals surface area contributed by atoms with Gasteiger partial charge in [0.15, 0.2) is 0 Å². The molecule has 0 spiro atoms. The third-order valence-corrected chi connectivity index (χ3v) is 9.57. The molecule has 12 heteroatoms. The molecular formula is C51H56O12. The van der Waals surface area contributed by atoms with Crippen molar-refractivity contribution in [1.29, 1.82) is 0 Å². The summed E-state index contributed by atoms with van der Waals surface area (Å²) in [5.41, 5.74) is 1.86. The lowest BCUT2D eigenvalue weighted by atomic mass is 9.89. The van der Waals surface area contributed by atoms with E-state index in [4.69, 9.17) is 33.2 Å². The van der Waals surface area contributed by atoms with Gasteiger partial charge in [-0.25, -0.2) is 24.0 Å². The smallest absolute Gasteiger partial charge is 0.343 e. The topological polar surface area (TPSA) is 150 Å². The first-order valence-electron chi connectivity index (χ1n) is 20.6. The summed E-state index contributed by atoms with van der Waals surface area (Å²) in [6, 6.07) is 22.8. The molecule has 12 nitrogen and oxygen atoms in total. The highest BCUT2D eigenvalue weighted by atomic mass is 16.6. The van der Waals surface area contributed by atoms with Gasteiger partial charge >= 0.3 is 29.8 Å². The van der Waals surface area contributed by atoms with Crippen molar-refractivity contribution < 1.29 is 57.1 Å². The predicted molar refractivity (Wildman–Crippen MR) is 241 cm³/mol. The number of rotatable bonds is 24. The molecule has 0 saturated carbocycles. The van der Waals surface area contributed by atoms with Crippen molar-refractivity contribution in [3.05, 3.63) is 138 Å². The van der Waals surface area contributed by atoms with Crippen LogP contribution in [0.5, 0.6) is 23.0 Å². The molecule has 63 heavy (non-hydrogen) atoms. The summed E-state index contributed by atoms with van der Waals surface area (Å²) in [6.45, 7) is 20.2. The van der Waals surface area contributed by atoms with Crippen LogP contribution in [0.4, 0.5) is 0 Å². The van der Waals surface area contributed by atoms with Gasteiger partial charge in [0.2, 0.25) is 0 Å². The van der Waals surface area contributed by atoms with Crippen LogP contribution in [0.2, 0.25) is 0 Å². The van der Waals surface area contributed by atoms with Crippen LogP contribution in [-0.4, -0.2) is 62.9 Å². The van der Waals surface area contributed by atoms with E-state index in [0.717, 1.165) is 47.8 Å². The molecule has 0 amide bonds. The zero-order chi connectivity index (χ0) is 45.9. The van der Waals surface area contributed by atoms with Gasteiger partial charge in [0.1, 0.15) is 36.2 Å². The summed E-state index contributed by atoms with van der Waals surface area (Å²) in [5.74, 6) is -0.754. The van der Waals surface area contributed by atoms with Gasteiger partial charge in [-0.15, -0.1) is 0 Å². The van der Waals surface area contributed by atoms with E-state index in [1.54, 1.807) is 76.2 Å². The summed E-state index contributed by atoms with van der Waals surface area (Å²) in [6.07, 6.45) is 7.01. The van der Waals surface area contributed by atoms with E-state index in [1.807, 2.05) is 43.3 Å². The standard InChI is InChI=1S/C51H56O12/c1-34(2)47(53)59-27-12-10-9-11-26-57-43-21-18-40-30-38(13-15-41(40)31-43)14-24-46(52)63-45-23-22-44(29-37(45)7)62-50(56)39-16-19-42(20-17-39)58-28-25-51(8,32-60-48(54)35(3)4)33-61-49(55)36(5)6/h13-24,29-31H,1,3,5,9-12,25-28,32-33H2,2,4,6-8H3/b24-14+. The molecule has 0 radical (unpaired) electrons. The minimum atomic E-state index is -0.750. The number of aryl methyl sites for hydroxylation is 1. The van der Waals surface area contributed by atoms with Crippen molar-refractivity contribution in [2.24, 2.45) is 5.41 Å².